The normalized spacial score (nSPS) is 11.1. The van der Waals surface area contributed by atoms with Crippen molar-refractivity contribution >= 4 is 21.8 Å². The largest absolute Gasteiger partial charge is 0.506 e. The number of phenols is 1. The number of aromatic amines is 1. The first-order chi connectivity index (χ1) is 7.79. The predicted molar refractivity (Wildman–Crippen MR) is 64.0 cm³/mol. The van der Waals surface area contributed by atoms with E-state index in [1.165, 1.54) is 0 Å². The smallest absolute Gasteiger partial charge is 0.139 e. The standard InChI is InChI=1S/C13H11NO2/c1-16-8-5-6-9-10-3-2-4-12(15)13(10)14-11(9)7-8/h2-7,14-15H,1H3. The summed E-state index contributed by atoms with van der Waals surface area (Å²) in [6.45, 7) is 0. The van der Waals surface area contributed by atoms with Crippen molar-refractivity contribution in [2.75, 3.05) is 7.11 Å². The van der Waals surface area contributed by atoms with E-state index in [9.17, 15) is 5.11 Å². The van der Waals surface area contributed by atoms with Crippen molar-refractivity contribution in [2.45, 2.75) is 0 Å². The van der Waals surface area contributed by atoms with Gasteiger partial charge in [0.2, 0.25) is 0 Å². The van der Waals surface area contributed by atoms with Crippen LogP contribution in [0.15, 0.2) is 36.4 Å². The van der Waals surface area contributed by atoms with Gasteiger partial charge in [-0.05, 0) is 18.2 Å². The van der Waals surface area contributed by atoms with Crippen LogP contribution in [0.2, 0.25) is 0 Å². The minimum Gasteiger partial charge on any atom is -0.506 e. The average Bonchev–Trinajstić information content (AvgIpc) is 2.68. The Labute approximate surface area is 92.3 Å². The van der Waals surface area contributed by atoms with Gasteiger partial charge in [-0.1, -0.05) is 12.1 Å². The fraction of sp³-hybridized carbons (Fsp3) is 0.0769. The highest BCUT2D eigenvalue weighted by Gasteiger charge is 2.07. The summed E-state index contributed by atoms with van der Waals surface area (Å²) in [5.41, 5.74) is 1.74. The van der Waals surface area contributed by atoms with Crippen LogP contribution in [0.25, 0.3) is 21.8 Å². The maximum absolute atomic E-state index is 9.74. The van der Waals surface area contributed by atoms with Crippen molar-refractivity contribution in [3.63, 3.8) is 0 Å². The average molecular weight is 213 g/mol. The van der Waals surface area contributed by atoms with Crippen LogP contribution in [-0.2, 0) is 0 Å². The lowest BCUT2D eigenvalue weighted by Crippen LogP contribution is -1.80. The lowest BCUT2D eigenvalue weighted by Gasteiger charge is -1.98. The molecule has 0 aliphatic rings. The number of H-pyrrole nitrogens is 1. The molecule has 0 bridgehead atoms. The molecule has 80 valence electrons. The van der Waals surface area contributed by atoms with Crippen LogP contribution in [0.1, 0.15) is 0 Å². The summed E-state index contributed by atoms with van der Waals surface area (Å²) < 4.78 is 5.17. The van der Waals surface area contributed by atoms with E-state index in [-0.39, 0.29) is 5.75 Å². The summed E-state index contributed by atoms with van der Waals surface area (Å²) in [4.78, 5) is 3.19. The third kappa shape index (κ3) is 1.15. The molecule has 0 atom stereocenters. The van der Waals surface area contributed by atoms with Gasteiger partial charge in [-0.15, -0.1) is 0 Å². The zero-order valence-corrected chi connectivity index (χ0v) is 8.82. The third-order valence-electron chi connectivity index (χ3n) is 2.82. The Hall–Kier alpha value is -2.16. The zero-order valence-electron chi connectivity index (χ0n) is 8.82. The van der Waals surface area contributed by atoms with Gasteiger partial charge in [-0.3, -0.25) is 0 Å². The number of hydrogen-bond acceptors (Lipinski definition) is 2. The second-order valence-electron chi connectivity index (χ2n) is 3.74. The maximum atomic E-state index is 9.74. The van der Waals surface area contributed by atoms with Gasteiger partial charge < -0.3 is 14.8 Å². The highest BCUT2D eigenvalue weighted by molar-refractivity contribution is 6.09. The van der Waals surface area contributed by atoms with Gasteiger partial charge in [-0.25, -0.2) is 0 Å². The van der Waals surface area contributed by atoms with Crippen LogP contribution in [0.4, 0.5) is 0 Å². The van der Waals surface area contributed by atoms with Crippen LogP contribution in [0.5, 0.6) is 11.5 Å². The van der Waals surface area contributed by atoms with E-state index in [2.05, 4.69) is 4.98 Å². The Morgan fingerprint density at radius 1 is 1.12 bits per heavy atom. The monoisotopic (exact) mass is 213 g/mol. The van der Waals surface area contributed by atoms with Crippen molar-refractivity contribution in [1.29, 1.82) is 0 Å². The Kier molecular flexibility index (Phi) is 1.80. The van der Waals surface area contributed by atoms with Crippen LogP contribution >= 0.6 is 0 Å². The molecule has 3 aromatic rings. The fourth-order valence-corrected chi connectivity index (χ4v) is 2.02. The number of methoxy groups -OCH3 is 1. The molecule has 3 heteroatoms. The van der Waals surface area contributed by atoms with Crippen LogP contribution < -0.4 is 4.74 Å². The number of fused-ring (bicyclic) bond motifs is 3. The Balaban J connectivity index is 2.45. The highest BCUT2D eigenvalue weighted by Crippen LogP contribution is 2.32. The van der Waals surface area contributed by atoms with E-state index in [1.807, 2.05) is 30.3 Å². The summed E-state index contributed by atoms with van der Waals surface area (Å²) in [6, 6.07) is 11.3. The van der Waals surface area contributed by atoms with Gasteiger partial charge in [0, 0.05) is 16.8 Å². The summed E-state index contributed by atoms with van der Waals surface area (Å²) in [5, 5.41) is 11.9. The van der Waals surface area contributed by atoms with Crippen molar-refractivity contribution in [3.8, 4) is 11.5 Å². The van der Waals surface area contributed by atoms with Crippen molar-refractivity contribution in [3.05, 3.63) is 36.4 Å². The second kappa shape index (κ2) is 3.17. The van der Waals surface area contributed by atoms with Gasteiger partial charge in [0.05, 0.1) is 18.1 Å². The molecule has 0 aliphatic carbocycles. The lowest BCUT2D eigenvalue weighted by atomic mass is 10.1. The van der Waals surface area contributed by atoms with Gasteiger partial charge >= 0.3 is 0 Å². The van der Waals surface area contributed by atoms with Gasteiger partial charge in [0.15, 0.2) is 0 Å². The van der Waals surface area contributed by atoms with E-state index in [1.54, 1.807) is 13.2 Å². The number of benzene rings is 2. The number of aromatic hydroxyl groups is 1. The van der Waals surface area contributed by atoms with Crippen LogP contribution in [0, 0.1) is 0 Å². The predicted octanol–water partition coefficient (Wildman–Crippen LogP) is 3.04. The minimum atomic E-state index is 0.271. The van der Waals surface area contributed by atoms with Gasteiger partial charge in [0.25, 0.3) is 0 Å². The Morgan fingerprint density at radius 2 is 2.00 bits per heavy atom. The molecule has 2 aromatic carbocycles. The number of hydrogen-bond donors (Lipinski definition) is 2. The van der Waals surface area contributed by atoms with Crippen molar-refractivity contribution < 1.29 is 9.84 Å². The third-order valence-corrected chi connectivity index (χ3v) is 2.82. The van der Waals surface area contributed by atoms with Gasteiger partial charge in [-0.2, -0.15) is 0 Å². The molecule has 0 unspecified atom stereocenters. The van der Waals surface area contributed by atoms with Gasteiger partial charge in [0.1, 0.15) is 11.5 Å². The van der Waals surface area contributed by atoms with E-state index >= 15 is 0 Å². The van der Waals surface area contributed by atoms with Crippen LogP contribution in [-0.4, -0.2) is 17.2 Å². The topological polar surface area (TPSA) is 45.2 Å². The number of rotatable bonds is 1. The number of aromatic nitrogens is 1. The molecule has 3 rings (SSSR count). The number of nitrogens with one attached hydrogen (secondary N) is 1. The molecule has 0 amide bonds. The number of ether oxygens (including phenoxy) is 1. The molecule has 0 saturated heterocycles. The molecular formula is C13H11NO2. The summed E-state index contributed by atoms with van der Waals surface area (Å²) in [6.07, 6.45) is 0. The molecule has 2 N–H and O–H groups in total. The Morgan fingerprint density at radius 3 is 2.81 bits per heavy atom. The minimum absolute atomic E-state index is 0.271. The first kappa shape index (κ1) is 9.09. The van der Waals surface area contributed by atoms with Crippen molar-refractivity contribution in [2.24, 2.45) is 0 Å². The SMILES string of the molecule is COc1ccc2c(c1)[nH]c1c(O)cccc12. The summed E-state index contributed by atoms with van der Waals surface area (Å²) >= 11 is 0. The van der Waals surface area contributed by atoms with Crippen molar-refractivity contribution in [1.82, 2.24) is 4.98 Å². The van der Waals surface area contributed by atoms with E-state index in [4.69, 9.17) is 4.74 Å². The molecule has 0 radical (unpaired) electrons. The van der Waals surface area contributed by atoms with Crippen LogP contribution in [0.3, 0.4) is 0 Å². The quantitative estimate of drug-likeness (QED) is 0.652. The highest BCUT2D eigenvalue weighted by atomic mass is 16.5. The fourth-order valence-electron chi connectivity index (χ4n) is 2.02. The molecule has 1 aromatic heterocycles. The van der Waals surface area contributed by atoms with E-state index in [0.29, 0.717) is 0 Å². The lowest BCUT2D eigenvalue weighted by molar-refractivity contribution is 0.415. The molecule has 0 saturated carbocycles. The summed E-state index contributed by atoms with van der Waals surface area (Å²) in [7, 11) is 1.64. The second-order valence-corrected chi connectivity index (χ2v) is 3.74. The molecule has 1 heterocycles. The molecule has 16 heavy (non-hydrogen) atoms. The maximum Gasteiger partial charge on any atom is 0.139 e. The Bertz CT molecular complexity index is 670. The molecule has 0 spiro atoms. The molecule has 0 fully saturated rings. The first-order valence-electron chi connectivity index (χ1n) is 5.07. The van der Waals surface area contributed by atoms with E-state index in [0.717, 1.165) is 27.6 Å². The first-order valence-corrected chi connectivity index (χ1v) is 5.07. The number of phenolic OH excluding ortho intramolecular Hbond substituents is 1. The molecule has 0 aliphatic heterocycles. The molecule has 3 nitrogen and oxygen atoms in total. The zero-order chi connectivity index (χ0) is 11.1. The number of para-hydroxylation sites is 1. The molecular weight excluding hydrogens is 202 g/mol. The summed E-state index contributed by atoms with van der Waals surface area (Å²) in [5.74, 6) is 1.08. The van der Waals surface area contributed by atoms with E-state index < -0.39 is 0 Å².